The average molecular weight is 321 g/mol. The molecule has 1 aromatic carbocycles. The molecule has 126 valence electrons. The molecule has 0 unspecified atom stereocenters. The van der Waals surface area contributed by atoms with Gasteiger partial charge in [-0.05, 0) is 44.9 Å². The minimum Gasteiger partial charge on any atom is -0.326 e. The van der Waals surface area contributed by atoms with E-state index < -0.39 is 0 Å². The van der Waals surface area contributed by atoms with Crippen molar-refractivity contribution in [1.29, 1.82) is 0 Å². The van der Waals surface area contributed by atoms with Crippen molar-refractivity contribution in [3.05, 3.63) is 30.1 Å². The Hall–Kier alpha value is -2.11. The third kappa shape index (κ3) is 4.43. The van der Waals surface area contributed by atoms with Crippen molar-refractivity contribution < 1.29 is 14.0 Å². The van der Waals surface area contributed by atoms with Gasteiger partial charge in [0.05, 0.1) is 5.92 Å². The molecular weight excluding hydrogens is 297 g/mol. The number of halogens is 1. The zero-order valence-corrected chi connectivity index (χ0v) is 13.7. The van der Waals surface area contributed by atoms with Gasteiger partial charge in [0.25, 0.3) is 0 Å². The Morgan fingerprint density at radius 3 is 2.74 bits per heavy atom. The number of likely N-dealkylation sites (tertiary alicyclic amines) is 1. The summed E-state index contributed by atoms with van der Waals surface area (Å²) in [4.78, 5) is 28.3. The van der Waals surface area contributed by atoms with Crippen LogP contribution in [-0.4, -0.2) is 47.9 Å². The summed E-state index contributed by atoms with van der Waals surface area (Å²) < 4.78 is 13.2. The van der Waals surface area contributed by atoms with E-state index in [2.05, 4.69) is 5.32 Å². The van der Waals surface area contributed by atoms with Crippen molar-refractivity contribution >= 4 is 17.6 Å². The van der Waals surface area contributed by atoms with Crippen LogP contribution in [0.1, 0.15) is 26.7 Å². The summed E-state index contributed by atoms with van der Waals surface area (Å²) in [5.74, 6) is -0.802. The van der Waals surface area contributed by atoms with E-state index in [1.807, 2.05) is 13.8 Å². The predicted molar refractivity (Wildman–Crippen MR) is 87.6 cm³/mol. The standard InChI is InChI=1S/C17H24FN3O2/c1-3-20(4-2)17(23)21-10-6-7-13(12-21)16(22)19-15-9-5-8-14(18)11-15/h5,8-9,11,13H,3-4,6-7,10,12H2,1-2H3,(H,19,22)/t13-/m0/s1. The maximum absolute atomic E-state index is 13.2. The highest BCUT2D eigenvalue weighted by Gasteiger charge is 2.30. The van der Waals surface area contributed by atoms with E-state index in [-0.39, 0.29) is 23.7 Å². The van der Waals surface area contributed by atoms with Crippen molar-refractivity contribution in [3.8, 4) is 0 Å². The van der Waals surface area contributed by atoms with E-state index in [0.717, 1.165) is 12.8 Å². The van der Waals surface area contributed by atoms with Crippen LogP contribution in [0, 0.1) is 11.7 Å². The summed E-state index contributed by atoms with van der Waals surface area (Å²) >= 11 is 0. The smallest absolute Gasteiger partial charge is 0.320 e. The molecule has 5 nitrogen and oxygen atoms in total. The lowest BCUT2D eigenvalue weighted by Gasteiger charge is -2.35. The van der Waals surface area contributed by atoms with Gasteiger partial charge in [-0.2, -0.15) is 0 Å². The second kappa shape index (κ2) is 7.94. The zero-order valence-electron chi connectivity index (χ0n) is 13.7. The van der Waals surface area contributed by atoms with Gasteiger partial charge in [0.15, 0.2) is 0 Å². The van der Waals surface area contributed by atoms with Gasteiger partial charge in [-0.3, -0.25) is 4.79 Å². The molecular formula is C17H24FN3O2. The van der Waals surface area contributed by atoms with Gasteiger partial charge in [-0.1, -0.05) is 6.07 Å². The number of amides is 3. The summed E-state index contributed by atoms with van der Waals surface area (Å²) in [6.07, 6.45) is 1.54. The summed E-state index contributed by atoms with van der Waals surface area (Å²) in [5, 5.41) is 2.74. The normalized spacial score (nSPS) is 17.7. The van der Waals surface area contributed by atoms with Crippen LogP contribution in [0.15, 0.2) is 24.3 Å². The number of benzene rings is 1. The Labute approximate surface area is 136 Å². The van der Waals surface area contributed by atoms with E-state index in [1.165, 1.54) is 12.1 Å². The van der Waals surface area contributed by atoms with E-state index in [1.54, 1.807) is 21.9 Å². The molecule has 1 aromatic rings. The molecule has 0 bridgehead atoms. The molecule has 0 spiro atoms. The number of carbonyl (C=O) groups is 2. The number of urea groups is 1. The quantitative estimate of drug-likeness (QED) is 0.927. The molecule has 0 aliphatic carbocycles. The van der Waals surface area contributed by atoms with Crippen molar-refractivity contribution in [1.82, 2.24) is 9.80 Å². The molecule has 0 saturated carbocycles. The summed E-state index contributed by atoms with van der Waals surface area (Å²) in [6.45, 7) is 6.30. The van der Waals surface area contributed by atoms with Crippen LogP contribution in [0.5, 0.6) is 0 Å². The first kappa shape index (κ1) is 17.2. The molecule has 2 rings (SSSR count). The number of hydrogen-bond acceptors (Lipinski definition) is 2. The number of carbonyl (C=O) groups excluding carboxylic acids is 2. The highest BCUT2D eigenvalue weighted by atomic mass is 19.1. The number of anilines is 1. The topological polar surface area (TPSA) is 52.7 Å². The highest BCUT2D eigenvalue weighted by Crippen LogP contribution is 2.20. The number of piperidine rings is 1. The number of rotatable bonds is 4. The third-order valence-electron chi connectivity index (χ3n) is 4.19. The fourth-order valence-corrected chi connectivity index (χ4v) is 2.87. The zero-order chi connectivity index (χ0) is 16.8. The van der Waals surface area contributed by atoms with E-state index in [9.17, 15) is 14.0 Å². The molecule has 1 atom stereocenters. The lowest BCUT2D eigenvalue weighted by molar-refractivity contribution is -0.121. The van der Waals surface area contributed by atoms with Gasteiger partial charge < -0.3 is 15.1 Å². The second-order valence-electron chi connectivity index (χ2n) is 5.74. The van der Waals surface area contributed by atoms with Crippen LogP contribution in [0.2, 0.25) is 0 Å². The SMILES string of the molecule is CCN(CC)C(=O)N1CCC[C@H](C(=O)Nc2cccc(F)c2)C1. The number of nitrogens with one attached hydrogen (secondary N) is 1. The van der Waals surface area contributed by atoms with Gasteiger partial charge in [-0.25, -0.2) is 9.18 Å². The lowest BCUT2D eigenvalue weighted by Crippen LogP contribution is -2.49. The average Bonchev–Trinajstić information content (AvgIpc) is 2.56. The highest BCUT2D eigenvalue weighted by molar-refractivity contribution is 5.93. The molecule has 1 aliphatic rings. The van der Waals surface area contributed by atoms with Crippen molar-refractivity contribution in [2.75, 3.05) is 31.5 Å². The molecule has 1 N–H and O–H groups in total. The Balaban J connectivity index is 1.97. The molecule has 0 radical (unpaired) electrons. The van der Waals surface area contributed by atoms with Crippen molar-refractivity contribution in [2.45, 2.75) is 26.7 Å². The third-order valence-corrected chi connectivity index (χ3v) is 4.19. The van der Waals surface area contributed by atoms with Gasteiger partial charge in [0.1, 0.15) is 5.82 Å². The molecule has 6 heteroatoms. The van der Waals surface area contributed by atoms with Crippen LogP contribution in [-0.2, 0) is 4.79 Å². The van der Waals surface area contributed by atoms with Crippen LogP contribution >= 0.6 is 0 Å². The Morgan fingerprint density at radius 1 is 1.35 bits per heavy atom. The van der Waals surface area contributed by atoms with Gasteiger partial charge in [0.2, 0.25) is 5.91 Å². The monoisotopic (exact) mass is 321 g/mol. The Kier molecular flexibility index (Phi) is 5.96. The number of hydrogen-bond donors (Lipinski definition) is 1. The van der Waals surface area contributed by atoms with Crippen LogP contribution in [0.4, 0.5) is 14.9 Å². The largest absolute Gasteiger partial charge is 0.326 e. The Morgan fingerprint density at radius 2 is 2.09 bits per heavy atom. The first-order valence-corrected chi connectivity index (χ1v) is 8.15. The Bertz CT molecular complexity index is 561. The maximum Gasteiger partial charge on any atom is 0.320 e. The molecule has 0 aromatic heterocycles. The summed E-state index contributed by atoms with van der Waals surface area (Å²) in [6, 6.07) is 5.82. The minimum atomic E-state index is -0.384. The van der Waals surface area contributed by atoms with Crippen LogP contribution in [0.3, 0.4) is 0 Å². The molecule has 23 heavy (non-hydrogen) atoms. The van der Waals surface area contributed by atoms with Crippen LogP contribution in [0.25, 0.3) is 0 Å². The van der Waals surface area contributed by atoms with E-state index >= 15 is 0 Å². The first-order valence-electron chi connectivity index (χ1n) is 8.15. The molecule has 1 fully saturated rings. The van der Waals surface area contributed by atoms with Crippen LogP contribution < -0.4 is 5.32 Å². The molecule has 3 amide bonds. The lowest BCUT2D eigenvalue weighted by atomic mass is 9.97. The van der Waals surface area contributed by atoms with Gasteiger partial charge >= 0.3 is 6.03 Å². The minimum absolute atomic E-state index is 0.0155. The van der Waals surface area contributed by atoms with E-state index in [4.69, 9.17) is 0 Å². The first-order chi connectivity index (χ1) is 11.0. The summed E-state index contributed by atoms with van der Waals surface area (Å²) in [5.41, 5.74) is 0.446. The van der Waals surface area contributed by atoms with E-state index in [0.29, 0.717) is 31.9 Å². The maximum atomic E-state index is 13.2. The molecule has 1 heterocycles. The number of nitrogens with zero attached hydrogens (tertiary/aromatic N) is 2. The van der Waals surface area contributed by atoms with Gasteiger partial charge in [-0.15, -0.1) is 0 Å². The second-order valence-corrected chi connectivity index (χ2v) is 5.74. The van der Waals surface area contributed by atoms with Gasteiger partial charge in [0, 0.05) is 31.9 Å². The predicted octanol–water partition coefficient (Wildman–Crippen LogP) is 2.94. The molecule has 1 saturated heterocycles. The summed E-state index contributed by atoms with van der Waals surface area (Å²) in [7, 11) is 0. The van der Waals surface area contributed by atoms with Crippen molar-refractivity contribution in [2.24, 2.45) is 5.92 Å². The van der Waals surface area contributed by atoms with Crippen molar-refractivity contribution in [3.63, 3.8) is 0 Å². The fourth-order valence-electron chi connectivity index (χ4n) is 2.87. The fraction of sp³-hybridized carbons (Fsp3) is 0.529. The molecule has 1 aliphatic heterocycles.